The van der Waals surface area contributed by atoms with Crippen LogP contribution >= 0.6 is 0 Å². The summed E-state index contributed by atoms with van der Waals surface area (Å²) in [5, 5.41) is 0. The van der Waals surface area contributed by atoms with Gasteiger partial charge in [-0.05, 0) is 24.3 Å². The van der Waals surface area contributed by atoms with Crippen molar-refractivity contribution in [2.75, 3.05) is 20.1 Å². The summed E-state index contributed by atoms with van der Waals surface area (Å²) in [6, 6.07) is 0. The molecule has 0 bridgehead atoms. The predicted molar refractivity (Wildman–Crippen MR) is 54.2 cm³/mol. The van der Waals surface area contributed by atoms with Crippen LogP contribution in [0.15, 0.2) is 0 Å². The third-order valence-corrected chi connectivity index (χ3v) is 3.93. The van der Waals surface area contributed by atoms with Gasteiger partial charge in [-0.2, -0.15) is 0 Å². The van der Waals surface area contributed by atoms with E-state index >= 15 is 0 Å². The Labute approximate surface area is 77.1 Å². The summed E-state index contributed by atoms with van der Waals surface area (Å²) in [4.78, 5) is 2.48. The van der Waals surface area contributed by atoms with E-state index < -0.39 is 0 Å². The zero-order chi connectivity index (χ0) is 9.35. The van der Waals surface area contributed by atoms with Gasteiger partial charge in [-0.1, -0.05) is 34.1 Å². The zero-order valence-electron chi connectivity index (χ0n) is 9.22. The molecule has 0 amide bonds. The monoisotopic (exact) mass is 169 g/mol. The van der Waals surface area contributed by atoms with Crippen molar-refractivity contribution in [2.45, 2.75) is 34.1 Å². The average molecular weight is 169 g/mol. The fourth-order valence-corrected chi connectivity index (χ4v) is 2.45. The number of likely N-dealkylation sites (tertiary alicyclic amines) is 1. The molecule has 1 rings (SSSR count). The van der Waals surface area contributed by atoms with Crippen LogP contribution in [-0.2, 0) is 0 Å². The Morgan fingerprint density at radius 1 is 1.33 bits per heavy atom. The Kier molecular flexibility index (Phi) is 2.82. The second kappa shape index (κ2) is 3.37. The molecule has 1 heteroatoms. The third kappa shape index (κ3) is 1.66. The normalized spacial score (nSPS) is 36.8. The molecular weight excluding hydrogens is 146 g/mol. The molecule has 2 unspecified atom stereocenters. The summed E-state index contributed by atoms with van der Waals surface area (Å²) in [6.45, 7) is 12.1. The van der Waals surface area contributed by atoms with Crippen molar-refractivity contribution in [3.8, 4) is 0 Å². The first-order valence-electron chi connectivity index (χ1n) is 5.17. The molecule has 0 N–H and O–H groups in total. The molecule has 0 aromatic heterocycles. The fraction of sp³-hybridized carbons (Fsp3) is 1.00. The molecule has 0 aromatic rings. The average Bonchev–Trinajstić information content (AvgIpc) is 1.97. The first kappa shape index (κ1) is 10.0. The van der Waals surface area contributed by atoms with E-state index in [0.717, 1.165) is 11.8 Å². The van der Waals surface area contributed by atoms with Crippen molar-refractivity contribution >= 4 is 0 Å². The van der Waals surface area contributed by atoms with Crippen molar-refractivity contribution < 1.29 is 0 Å². The standard InChI is InChI=1S/C11H23N/c1-6-10-8-12(5)7-9(2)11(10,3)4/h9-10H,6-8H2,1-5H3. The van der Waals surface area contributed by atoms with E-state index in [-0.39, 0.29) is 0 Å². The third-order valence-electron chi connectivity index (χ3n) is 3.93. The minimum absolute atomic E-state index is 0.543. The predicted octanol–water partition coefficient (Wildman–Crippen LogP) is 2.62. The van der Waals surface area contributed by atoms with Gasteiger partial charge < -0.3 is 4.90 Å². The summed E-state index contributed by atoms with van der Waals surface area (Å²) in [5.41, 5.74) is 0.543. The molecule has 0 spiro atoms. The topological polar surface area (TPSA) is 3.24 Å². The van der Waals surface area contributed by atoms with E-state index in [4.69, 9.17) is 0 Å². The van der Waals surface area contributed by atoms with Crippen LogP contribution in [0.25, 0.3) is 0 Å². The highest BCUT2D eigenvalue weighted by Crippen LogP contribution is 2.40. The first-order valence-corrected chi connectivity index (χ1v) is 5.17. The molecule has 1 aliphatic heterocycles. The van der Waals surface area contributed by atoms with Gasteiger partial charge in [0.15, 0.2) is 0 Å². The Morgan fingerprint density at radius 3 is 2.42 bits per heavy atom. The van der Waals surface area contributed by atoms with Crippen molar-refractivity contribution in [1.82, 2.24) is 4.90 Å². The van der Waals surface area contributed by atoms with Crippen molar-refractivity contribution in [3.63, 3.8) is 0 Å². The van der Waals surface area contributed by atoms with Crippen molar-refractivity contribution in [3.05, 3.63) is 0 Å². The van der Waals surface area contributed by atoms with Gasteiger partial charge >= 0.3 is 0 Å². The molecule has 1 nitrogen and oxygen atoms in total. The van der Waals surface area contributed by atoms with Gasteiger partial charge in [-0.25, -0.2) is 0 Å². The molecule has 1 saturated heterocycles. The van der Waals surface area contributed by atoms with Crippen LogP contribution in [0.2, 0.25) is 0 Å². The summed E-state index contributed by atoms with van der Waals surface area (Å²) in [5.74, 6) is 1.72. The highest BCUT2D eigenvalue weighted by molar-refractivity contribution is 4.89. The van der Waals surface area contributed by atoms with Crippen LogP contribution < -0.4 is 0 Å². The first-order chi connectivity index (χ1) is 5.48. The Morgan fingerprint density at radius 2 is 1.92 bits per heavy atom. The summed E-state index contributed by atoms with van der Waals surface area (Å²) >= 11 is 0. The molecule has 1 fully saturated rings. The number of hydrogen-bond donors (Lipinski definition) is 0. The molecular formula is C11H23N. The lowest BCUT2D eigenvalue weighted by atomic mass is 9.66. The fourth-order valence-electron chi connectivity index (χ4n) is 2.45. The molecule has 0 aromatic carbocycles. The molecule has 72 valence electrons. The zero-order valence-corrected chi connectivity index (χ0v) is 9.22. The maximum Gasteiger partial charge on any atom is 0.00118 e. The SMILES string of the molecule is CCC1CN(C)CC(C)C1(C)C. The minimum atomic E-state index is 0.543. The Balaban J connectivity index is 2.71. The maximum absolute atomic E-state index is 2.48. The quantitative estimate of drug-likeness (QED) is 0.583. The van der Waals surface area contributed by atoms with Crippen LogP contribution in [0.4, 0.5) is 0 Å². The highest BCUT2D eigenvalue weighted by atomic mass is 15.1. The van der Waals surface area contributed by atoms with Gasteiger partial charge in [0.2, 0.25) is 0 Å². The number of piperidine rings is 1. The van der Waals surface area contributed by atoms with Crippen LogP contribution in [0.1, 0.15) is 34.1 Å². The van der Waals surface area contributed by atoms with Gasteiger partial charge in [-0.15, -0.1) is 0 Å². The molecule has 0 radical (unpaired) electrons. The molecule has 0 saturated carbocycles. The largest absolute Gasteiger partial charge is 0.306 e. The number of rotatable bonds is 1. The van der Waals surface area contributed by atoms with Crippen LogP contribution in [0.5, 0.6) is 0 Å². The summed E-state index contributed by atoms with van der Waals surface area (Å²) in [6.07, 6.45) is 1.32. The lowest BCUT2D eigenvalue weighted by Gasteiger charge is -2.47. The van der Waals surface area contributed by atoms with Crippen molar-refractivity contribution in [2.24, 2.45) is 17.3 Å². The molecule has 2 atom stereocenters. The van der Waals surface area contributed by atoms with E-state index in [2.05, 4.69) is 39.6 Å². The van der Waals surface area contributed by atoms with Gasteiger partial charge in [0, 0.05) is 13.1 Å². The van der Waals surface area contributed by atoms with Gasteiger partial charge in [0.1, 0.15) is 0 Å². The summed E-state index contributed by atoms with van der Waals surface area (Å²) < 4.78 is 0. The number of nitrogens with zero attached hydrogens (tertiary/aromatic N) is 1. The van der Waals surface area contributed by atoms with Gasteiger partial charge in [-0.3, -0.25) is 0 Å². The van der Waals surface area contributed by atoms with E-state index in [0.29, 0.717) is 5.41 Å². The highest BCUT2D eigenvalue weighted by Gasteiger charge is 2.38. The van der Waals surface area contributed by atoms with Crippen LogP contribution in [-0.4, -0.2) is 25.0 Å². The van der Waals surface area contributed by atoms with E-state index in [1.807, 2.05) is 0 Å². The summed E-state index contributed by atoms with van der Waals surface area (Å²) in [7, 11) is 2.24. The van der Waals surface area contributed by atoms with Gasteiger partial charge in [0.05, 0.1) is 0 Å². The second-order valence-electron chi connectivity index (χ2n) is 5.05. The van der Waals surface area contributed by atoms with E-state index in [1.54, 1.807) is 0 Å². The smallest absolute Gasteiger partial charge is 0.00118 e. The molecule has 1 heterocycles. The lowest BCUT2D eigenvalue weighted by Crippen LogP contribution is -2.48. The molecule has 0 aliphatic carbocycles. The maximum atomic E-state index is 2.48. The van der Waals surface area contributed by atoms with Gasteiger partial charge in [0.25, 0.3) is 0 Å². The Hall–Kier alpha value is -0.0400. The van der Waals surface area contributed by atoms with E-state index in [9.17, 15) is 0 Å². The van der Waals surface area contributed by atoms with Crippen LogP contribution in [0, 0.1) is 17.3 Å². The van der Waals surface area contributed by atoms with Crippen LogP contribution in [0.3, 0.4) is 0 Å². The van der Waals surface area contributed by atoms with Crippen molar-refractivity contribution in [1.29, 1.82) is 0 Å². The van der Waals surface area contributed by atoms with E-state index in [1.165, 1.54) is 19.5 Å². The lowest BCUT2D eigenvalue weighted by molar-refractivity contribution is 0.0181. The second-order valence-corrected chi connectivity index (χ2v) is 5.05. The number of hydrogen-bond acceptors (Lipinski definition) is 1. The molecule has 12 heavy (non-hydrogen) atoms. The minimum Gasteiger partial charge on any atom is -0.306 e. The molecule has 1 aliphatic rings. The Bertz CT molecular complexity index is 151.